The highest BCUT2D eigenvalue weighted by molar-refractivity contribution is 5.99. The van der Waals surface area contributed by atoms with Crippen molar-refractivity contribution in [2.45, 2.75) is 77.0 Å². The maximum absolute atomic E-state index is 12.2. The van der Waals surface area contributed by atoms with Gasteiger partial charge in [-0.1, -0.05) is 39.5 Å². The summed E-state index contributed by atoms with van der Waals surface area (Å²) in [5.41, 5.74) is 14.8. The molecule has 2 aliphatic carbocycles. The average Bonchev–Trinajstić information content (AvgIpc) is 2.61. The minimum atomic E-state index is -0.389. The van der Waals surface area contributed by atoms with Crippen LogP contribution < -0.4 is 11.5 Å². The molecule has 2 saturated carbocycles. The van der Waals surface area contributed by atoms with Crippen molar-refractivity contribution in [1.29, 1.82) is 0 Å². The second kappa shape index (κ2) is 7.81. The summed E-state index contributed by atoms with van der Waals surface area (Å²) in [6.07, 6.45) is 8.85. The Bertz CT molecular complexity index is 623. The van der Waals surface area contributed by atoms with Gasteiger partial charge in [0.05, 0.1) is 0 Å². The van der Waals surface area contributed by atoms with Crippen LogP contribution in [0, 0.1) is 11.8 Å². The van der Waals surface area contributed by atoms with Crippen LogP contribution in [0.15, 0.2) is 12.1 Å². The number of hydrogen-bond acceptors (Lipinski definition) is 2. The Balaban J connectivity index is 2.12. The molecule has 0 spiro atoms. The summed E-state index contributed by atoms with van der Waals surface area (Å²) in [5, 5.41) is 0. The van der Waals surface area contributed by atoms with Gasteiger partial charge < -0.3 is 11.5 Å². The number of carbonyl (C=O) groups is 2. The summed E-state index contributed by atoms with van der Waals surface area (Å²) in [7, 11) is 0. The van der Waals surface area contributed by atoms with E-state index < -0.39 is 0 Å². The van der Waals surface area contributed by atoms with Crippen molar-refractivity contribution in [1.82, 2.24) is 0 Å². The van der Waals surface area contributed by atoms with Gasteiger partial charge in [0, 0.05) is 11.1 Å². The molecule has 0 atom stereocenters. The molecule has 0 heterocycles. The second-order valence-corrected chi connectivity index (χ2v) is 8.63. The Kier molecular flexibility index (Phi) is 5.69. The second-order valence-electron chi connectivity index (χ2n) is 8.63. The zero-order valence-corrected chi connectivity index (χ0v) is 16.1. The molecule has 4 N–H and O–H groups in total. The molecular weight excluding hydrogens is 324 g/mol. The molecule has 2 aliphatic rings. The topological polar surface area (TPSA) is 86.2 Å². The first kappa shape index (κ1) is 18.9. The lowest BCUT2D eigenvalue weighted by atomic mass is 9.70. The van der Waals surface area contributed by atoms with Gasteiger partial charge in [-0.05, 0) is 72.6 Å². The zero-order valence-electron chi connectivity index (χ0n) is 16.1. The Hall–Kier alpha value is -1.84. The van der Waals surface area contributed by atoms with E-state index in [-0.39, 0.29) is 11.8 Å². The fourth-order valence-electron chi connectivity index (χ4n) is 5.04. The molecule has 0 radical (unpaired) electrons. The zero-order chi connectivity index (χ0) is 18.8. The lowest BCUT2D eigenvalue weighted by molar-refractivity contribution is 0.0985. The number of rotatable bonds is 4. The lowest BCUT2D eigenvalue weighted by Gasteiger charge is -2.34. The van der Waals surface area contributed by atoms with Gasteiger partial charge in [-0.25, -0.2) is 0 Å². The van der Waals surface area contributed by atoms with Crippen LogP contribution in [0.3, 0.4) is 0 Å². The SMILES string of the molecule is CC1CCC(c2c(C(N)=O)ccc(C(N)=O)c2C2CCC(C)CC2)CC1. The lowest BCUT2D eigenvalue weighted by Crippen LogP contribution is -2.26. The van der Waals surface area contributed by atoms with E-state index in [1.54, 1.807) is 12.1 Å². The molecule has 0 aliphatic heterocycles. The van der Waals surface area contributed by atoms with E-state index in [9.17, 15) is 9.59 Å². The summed E-state index contributed by atoms with van der Waals surface area (Å²) in [5.74, 6) is 1.29. The first-order valence-corrected chi connectivity index (χ1v) is 10.1. The third-order valence-electron chi connectivity index (χ3n) is 6.67. The largest absolute Gasteiger partial charge is 0.366 e. The predicted molar refractivity (Wildman–Crippen MR) is 104 cm³/mol. The fraction of sp³-hybridized carbons (Fsp3) is 0.636. The maximum Gasteiger partial charge on any atom is 0.248 e. The maximum atomic E-state index is 12.2. The molecule has 0 aromatic heterocycles. The van der Waals surface area contributed by atoms with Crippen molar-refractivity contribution in [2.24, 2.45) is 23.3 Å². The van der Waals surface area contributed by atoms with Crippen LogP contribution in [-0.2, 0) is 0 Å². The molecule has 1 aromatic carbocycles. The summed E-state index contributed by atoms with van der Waals surface area (Å²) in [6, 6.07) is 3.45. The summed E-state index contributed by atoms with van der Waals surface area (Å²) in [4.78, 5) is 24.4. The molecule has 4 heteroatoms. The van der Waals surface area contributed by atoms with Gasteiger partial charge in [-0.15, -0.1) is 0 Å². The van der Waals surface area contributed by atoms with Gasteiger partial charge in [0.25, 0.3) is 0 Å². The van der Waals surface area contributed by atoms with Crippen molar-refractivity contribution in [3.63, 3.8) is 0 Å². The highest BCUT2D eigenvalue weighted by Crippen LogP contribution is 2.45. The van der Waals surface area contributed by atoms with Gasteiger partial charge in [0.15, 0.2) is 0 Å². The van der Waals surface area contributed by atoms with E-state index >= 15 is 0 Å². The molecule has 0 unspecified atom stereocenters. The Labute approximate surface area is 156 Å². The fourth-order valence-corrected chi connectivity index (χ4v) is 5.04. The van der Waals surface area contributed by atoms with Crippen molar-refractivity contribution in [3.05, 3.63) is 34.4 Å². The van der Waals surface area contributed by atoms with Crippen LogP contribution in [-0.4, -0.2) is 11.8 Å². The highest BCUT2D eigenvalue weighted by Gasteiger charge is 2.32. The number of benzene rings is 1. The first-order valence-electron chi connectivity index (χ1n) is 10.1. The van der Waals surface area contributed by atoms with Crippen LogP contribution >= 0.6 is 0 Å². The van der Waals surface area contributed by atoms with Gasteiger partial charge in [0.2, 0.25) is 11.8 Å². The summed E-state index contributed by atoms with van der Waals surface area (Å²) >= 11 is 0. The number of hydrogen-bond donors (Lipinski definition) is 2. The Morgan fingerprint density at radius 2 is 1.00 bits per heavy atom. The van der Waals surface area contributed by atoms with Crippen LogP contribution in [0.5, 0.6) is 0 Å². The van der Waals surface area contributed by atoms with Crippen LogP contribution in [0.2, 0.25) is 0 Å². The van der Waals surface area contributed by atoms with Gasteiger partial charge in [-0.2, -0.15) is 0 Å². The molecule has 0 saturated heterocycles. The number of amides is 2. The third kappa shape index (κ3) is 3.79. The molecule has 0 bridgehead atoms. The van der Waals surface area contributed by atoms with Gasteiger partial charge in [0.1, 0.15) is 0 Å². The molecular formula is C22H32N2O2. The summed E-state index contributed by atoms with van der Waals surface area (Å²) < 4.78 is 0. The summed E-state index contributed by atoms with van der Waals surface area (Å²) in [6.45, 7) is 4.57. The standard InChI is InChI=1S/C22H32N2O2/c1-13-3-7-15(8-4-13)19-17(21(23)25)11-12-18(22(24)26)20(19)16-9-5-14(2)6-10-16/h11-16H,3-10H2,1-2H3,(H2,23,25)(H2,24,26). The predicted octanol–water partition coefficient (Wildman–Crippen LogP) is 4.47. The quantitative estimate of drug-likeness (QED) is 0.834. The van der Waals surface area contributed by atoms with E-state index in [0.717, 1.165) is 74.3 Å². The van der Waals surface area contributed by atoms with E-state index in [0.29, 0.717) is 23.0 Å². The molecule has 142 valence electrons. The molecule has 3 rings (SSSR count). The Morgan fingerprint density at radius 1 is 0.692 bits per heavy atom. The molecule has 1 aromatic rings. The number of carbonyl (C=O) groups excluding carboxylic acids is 2. The minimum absolute atomic E-state index is 0.308. The van der Waals surface area contributed by atoms with E-state index in [2.05, 4.69) is 13.8 Å². The smallest absolute Gasteiger partial charge is 0.248 e. The van der Waals surface area contributed by atoms with E-state index in [1.807, 2.05) is 0 Å². The first-order chi connectivity index (χ1) is 12.4. The van der Waals surface area contributed by atoms with Crippen molar-refractivity contribution >= 4 is 11.8 Å². The highest BCUT2D eigenvalue weighted by atomic mass is 16.1. The molecule has 4 nitrogen and oxygen atoms in total. The van der Waals surface area contributed by atoms with Crippen LogP contribution in [0.4, 0.5) is 0 Å². The average molecular weight is 357 g/mol. The van der Waals surface area contributed by atoms with Gasteiger partial charge in [-0.3, -0.25) is 9.59 Å². The normalized spacial score (nSPS) is 29.3. The minimum Gasteiger partial charge on any atom is -0.366 e. The van der Waals surface area contributed by atoms with E-state index in [4.69, 9.17) is 11.5 Å². The number of primary amides is 2. The number of nitrogens with two attached hydrogens (primary N) is 2. The van der Waals surface area contributed by atoms with Gasteiger partial charge >= 0.3 is 0 Å². The van der Waals surface area contributed by atoms with Crippen molar-refractivity contribution < 1.29 is 9.59 Å². The van der Waals surface area contributed by atoms with Crippen LogP contribution in [0.25, 0.3) is 0 Å². The van der Waals surface area contributed by atoms with Crippen LogP contribution in [0.1, 0.15) is 109 Å². The Morgan fingerprint density at radius 3 is 1.27 bits per heavy atom. The van der Waals surface area contributed by atoms with Crippen molar-refractivity contribution in [2.75, 3.05) is 0 Å². The molecule has 26 heavy (non-hydrogen) atoms. The molecule has 2 amide bonds. The monoisotopic (exact) mass is 356 g/mol. The third-order valence-corrected chi connectivity index (χ3v) is 6.67. The molecule has 2 fully saturated rings. The van der Waals surface area contributed by atoms with E-state index in [1.165, 1.54) is 0 Å². The van der Waals surface area contributed by atoms with Crippen molar-refractivity contribution in [3.8, 4) is 0 Å².